The van der Waals surface area contributed by atoms with Crippen molar-refractivity contribution in [3.63, 3.8) is 0 Å². The first kappa shape index (κ1) is 18.4. The van der Waals surface area contributed by atoms with E-state index in [4.69, 9.17) is 0 Å². The molecule has 0 saturated carbocycles. The summed E-state index contributed by atoms with van der Waals surface area (Å²) in [5.74, 6) is 14.0. The van der Waals surface area contributed by atoms with Gasteiger partial charge in [0.15, 0.2) is 0 Å². The van der Waals surface area contributed by atoms with Gasteiger partial charge in [-0.2, -0.15) is 15.3 Å². The van der Waals surface area contributed by atoms with Crippen molar-refractivity contribution in [2.75, 3.05) is 0 Å². The van der Waals surface area contributed by atoms with E-state index in [0.29, 0.717) is 0 Å². The van der Waals surface area contributed by atoms with Crippen LogP contribution in [-0.4, -0.2) is 25.9 Å². The average molecular weight is 242 g/mol. The highest BCUT2D eigenvalue weighted by molar-refractivity contribution is 7.94. The van der Waals surface area contributed by atoms with Crippen molar-refractivity contribution in [2.24, 2.45) is 11.7 Å². The van der Waals surface area contributed by atoms with Crippen molar-refractivity contribution in [3.8, 4) is 0 Å². The minimum absolute atomic E-state index is 2.46. The fourth-order valence-corrected chi connectivity index (χ4v) is 0.919. The van der Waals surface area contributed by atoms with E-state index in [1.807, 2.05) is 0 Å². The summed E-state index contributed by atoms with van der Waals surface area (Å²) < 4.78 is 58.2. The van der Waals surface area contributed by atoms with Crippen LogP contribution in [0.4, 0.5) is 0 Å². The van der Waals surface area contributed by atoms with Gasteiger partial charge in [-0.25, -0.2) is 16.8 Å². The number of hydrogen-bond acceptors (Lipinski definition) is 9. The molecule has 0 aliphatic heterocycles. The molecule has 0 aromatic heterocycles. The summed E-state index contributed by atoms with van der Waals surface area (Å²) >= 11 is 0. The molecule has 0 fully saturated rings. The Labute approximate surface area is 74.5 Å². The van der Waals surface area contributed by atoms with Gasteiger partial charge < -0.3 is 9.11 Å². The summed E-state index contributed by atoms with van der Waals surface area (Å²) in [7, 11) is -10.9. The fraction of sp³-hybridized carbons (Fsp3) is 0. The molecule has 0 heterocycles. The van der Waals surface area contributed by atoms with Crippen LogP contribution >= 0.6 is 0 Å². The molecular weight excluding hydrogens is 232 g/mol. The molecule has 10 N–H and O–H groups in total. The monoisotopic (exact) mass is 242 g/mol. The van der Waals surface area contributed by atoms with Crippen molar-refractivity contribution in [2.45, 2.75) is 0 Å². The van der Waals surface area contributed by atoms with Crippen LogP contribution in [0.1, 0.15) is 0 Å². The average Bonchev–Trinajstić information content (AvgIpc) is 1.88. The van der Waals surface area contributed by atoms with E-state index < -0.39 is 20.8 Å². The molecule has 13 heavy (non-hydrogen) atoms. The molecule has 84 valence electrons. The lowest BCUT2D eigenvalue weighted by Crippen LogP contribution is -2.59. The normalized spacial score (nSPS) is 10.3. The summed E-state index contributed by atoms with van der Waals surface area (Å²) in [5, 5.41) is 0. The van der Waals surface area contributed by atoms with E-state index in [1.165, 1.54) is 0 Å². The zero-order valence-corrected chi connectivity index (χ0v) is 7.88. The summed E-state index contributed by atoms with van der Waals surface area (Å²) in [6.45, 7) is 0. The lowest BCUT2D eigenvalue weighted by atomic mass is 13.0. The van der Waals surface area contributed by atoms with E-state index in [1.54, 1.807) is 0 Å². The van der Waals surface area contributed by atoms with Crippen molar-refractivity contribution < 1.29 is 41.3 Å². The second kappa shape index (κ2) is 8.23. The number of rotatable bonds is 2. The van der Waals surface area contributed by atoms with E-state index in [0.717, 1.165) is 0 Å². The minimum Gasteiger partial charge on any atom is -0.725 e. The Morgan fingerprint density at radius 3 is 1.00 bits per heavy atom. The Morgan fingerprint density at radius 1 is 0.846 bits per heavy atom. The minimum atomic E-state index is -5.43. The zero-order chi connectivity index (χ0) is 11.7. The molecule has 0 aliphatic rings. The standard InChI is InChI=1S/2H4N2.H2O7S2/c2*1-2;1-8(2,3)7-9(4,5)6/h2*1-2H2;(H,1,2,3)(H,4,5,6). The highest BCUT2D eigenvalue weighted by Gasteiger charge is 1.99. The van der Waals surface area contributed by atoms with Crippen molar-refractivity contribution in [1.29, 1.82) is 0 Å². The van der Waals surface area contributed by atoms with E-state index >= 15 is 0 Å². The van der Waals surface area contributed by atoms with Crippen LogP contribution in [0.5, 0.6) is 0 Å². The van der Waals surface area contributed by atoms with Gasteiger partial charge in [-0.3, -0.25) is 11.7 Å². The topological polar surface area (TPSA) is 231 Å². The Kier molecular flexibility index (Phi) is 11.7. The second-order valence-electron chi connectivity index (χ2n) is 0.885. The quantitative estimate of drug-likeness (QED) is 0.156. The van der Waals surface area contributed by atoms with Crippen LogP contribution in [0.25, 0.3) is 0 Å². The van der Waals surface area contributed by atoms with Gasteiger partial charge in [-0.05, 0) is 0 Å². The third-order valence-electron chi connectivity index (χ3n) is 0.167. The molecule has 0 atom stereocenters. The first-order valence-corrected chi connectivity index (χ1v) is 4.82. The van der Waals surface area contributed by atoms with E-state index in [9.17, 15) is 25.9 Å². The number of quaternary nitrogens is 2. The Balaban J connectivity index is -0.000000218. The highest BCUT2D eigenvalue weighted by atomic mass is 32.3. The molecule has 0 aromatic carbocycles. The molecule has 11 nitrogen and oxygen atoms in total. The molecule has 0 unspecified atom stereocenters. The lowest BCUT2D eigenvalue weighted by molar-refractivity contribution is -0.379. The second-order valence-corrected chi connectivity index (χ2v) is 3.06. The van der Waals surface area contributed by atoms with Gasteiger partial charge in [-0.15, -0.1) is 0 Å². The Morgan fingerprint density at radius 2 is 1.00 bits per heavy atom. The molecule has 0 spiro atoms. The summed E-state index contributed by atoms with van der Waals surface area (Å²) in [4.78, 5) is 0. The third kappa shape index (κ3) is 34.0. The molecule has 0 bridgehead atoms. The zero-order valence-electron chi connectivity index (χ0n) is 6.24. The van der Waals surface area contributed by atoms with Crippen LogP contribution in [0, 0.1) is 0 Å². The summed E-state index contributed by atoms with van der Waals surface area (Å²) in [5.41, 5.74) is 0. The van der Waals surface area contributed by atoms with Gasteiger partial charge >= 0.3 is 0 Å². The Hall–Kier alpha value is -0.380. The number of nitrogens with two attached hydrogens (primary N) is 2. The SMILES string of the molecule is N[NH3+].N[NH3+].O=S(=O)([O-])OS(=O)(=O)[O-]. The highest BCUT2D eigenvalue weighted by Crippen LogP contribution is 1.91. The van der Waals surface area contributed by atoms with Gasteiger partial charge in [-0.1, -0.05) is 0 Å². The van der Waals surface area contributed by atoms with Gasteiger partial charge in [0, 0.05) is 0 Å². The maximum atomic E-state index is 9.29. The summed E-state index contributed by atoms with van der Waals surface area (Å²) in [6.07, 6.45) is 0. The maximum Gasteiger partial charge on any atom is 0.231 e. The molecule has 0 rings (SSSR count). The molecule has 13 heteroatoms. The molecule has 0 amide bonds. The Bertz CT molecular complexity index is 244. The van der Waals surface area contributed by atoms with Gasteiger partial charge in [0.2, 0.25) is 20.8 Å². The van der Waals surface area contributed by atoms with E-state index in [2.05, 4.69) is 27.0 Å². The number of hydrogen-bond donors (Lipinski definition) is 4. The van der Waals surface area contributed by atoms with Crippen molar-refractivity contribution in [1.82, 2.24) is 0 Å². The molecule has 0 aliphatic carbocycles. The van der Waals surface area contributed by atoms with Gasteiger partial charge in [0.1, 0.15) is 0 Å². The fourth-order valence-electron chi connectivity index (χ4n) is 0.102. The molecule has 0 aromatic rings. The smallest absolute Gasteiger partial charge is 0.231 e. The molecule has 0 saturated heterocycles. The van der Waals surface area contributed by atoms with Crippen LogP contribution in [0.15, 0.2) is 0 Å². The largest absolute Gasteiger partial charge is 0.725 e. The first-order valence-electron chi connectivity index (χ1n) is 2.15. The van der Waals surface area contributed by atoms with Gasteiger partial charge in [0.05, 0.1) is 0 Å². The van der Waals surface area contributed by atoms with Gasteiger partial charge in [0.25, 0.3) is 0 Å². The predicted molar refractivity (Wildman–Crippen MR) is 34.6 cm³/mol. The lowest BCUT2D eigenvalue weighted by Gasteiger charge is -2.08. The molecule has 0 radical (unpaired) electrons. The third-order valence-corrected chi connectivity index (χ3v) is 1.50. The summed E-state index contributed by atoms with van der Waals surface area (Å²) in [6, 6.07) is 0. The van der Waals surface area contributed by atoms with Crippen LogP contribution < -0.4 is 23.4 Å². The first-order chi connectivity index (χ1) is 5.71. The van der Waals surface area contributed by atoms with Crippen molar-refractivity contribution >= 4 is 20.8 Å². The maximum absolute atomic E-state index is 9.29. The van der Waals surface area contributed by atoms with Crippen LogP contribution in [0.3, 0.4) is 0 Å². The molecular formula is H10N4O7S2. The van der Waals surface area contributed by atoms with E-state index in [-0.39, 0.29) is 0 Å². The van der Waals surface area contributed by atoms with Crippen molar-refractivity contribution in [3.05, 3.63) is 0 Å². The van der Waals surface area contributed by atoms with Crippen LogP contribution in [0.2, 0.25) is 0 Å². The van der Waals surface area contributed by atoms with Crippen LogP contribution in [-0.2, 0) is 24.4 Å². The predicted octanol–water partition coefficient (Wildman–Crippen LogP) is -5.87.